The Hall–Kier alpha value is -0.300. The van der Waals surface area contributed by atoms with Gasteiger partial charge < -0.3 is 5.32 Å². The zero-order valence-electron chi connectivity index (χ0n) is 8.28. The first-order chi connectivity index (χ1) is 5.02. The van der Waals surface area contributed by atoms with Crippen LogP contribution in [0.2, 0.25) is 0 Å². The van der Waals surface area contributed by atoms with Crippen molar-refractivity contribution in [3.05, 3.63) is 12.7 Å². The monoisotopic (exact) mass is 155 g/mol. The molecule has 0 aromatic carbocycles. The minimum atomic E-state index is 0.337. The second kappa shape index (κ2) is 4.55. The Labute approximate surface area is 70.9 Å². The van der Waals surface area contributed by atoms with Crippen LogP contribution < -0.4 is 5.32 Å². The molecule has 0 amide bonds. The molecule has 0 bridgehead atoms. The van der Waals surface area contributed by atoms with Crippen LogP contribution in [0.3, 0.4) is 0 Å². The topological polar surface area (TPSA) is 12.0 Å². The number of hydrogen-bond donors (Lipinski definition) is 1. The normalized spacial score (nSPS) is 14.5. The average Bonchev–Trinajstić information content (AvgIpc) is 1.87. The SMILES string of the molecule is C=CC(CNCC)C(C)(C)C. The zero-order valence-corrected chi connectivity index (χ0v) is 8.28. The van der Waals surface area contributed by atoms with Gasteiger partial charge in [-0.1, -0.05) is 33.8 Å². The van der Waals surface area contributed by atoms with Crippen LogP contribution in [0.4, 0.5) is 0 Å². The van der Waals surface area contributed by atoms with Crippen molar-refractivity contribution in [2.45, 2.75) is 27.7 Å². The Balaban J connectivity index is 3.86. The summed E-state index contributed by atoms with van der Waals surface area (Å²) in [5, 5.41) is 3.33. The largest absolute Gasteiger partial charge is 0.316 e. The average molecular weight is 155 g/mol. The van der Waals surface area contributed by atoms with Crippen molar-refractivity contribution >= 4 is 0 Å². The number of hydrogen-bond acceptors (Lipinski definition) is 1. The van der Waals surface area contributed by atoms with Gasteiger partial charge in [0.05, 0.1) is 0 Å². The molecule has 0 saturated carbocycles. The van der Waals surface area contributed by atoms with Crippen molar-refractivity contribution in [2.75, 3.05) is 13.1 Å². The van der Waals surface area contributed by atoms with E-state index >= 15 is 0 Å². The van der Waals surface area contributed by atoms with Crippen LogP contribution in [0.15, 0.2) is 12.7 Å². The summed E-state index contributed by atoms with van der Waals surface area (Å²) in [7, 11) is 0. The van der Waals surface area contributed by atoms with Gasteiger partial charge in [-0.2, -0.15) is 0 Å². The zero-order chi connectivity index (χ0) is 8.91. The molecule has 0 saturated heterocycles. The van der Waals surface area contributed by atoms with Gasteiger partial charge in [0.2, 0.25) is 0 Å². The van der Waals surface area contributed by atoms with Crippen LogP contribution >= 0.6 is 0 Å². The van der Waals surface area contributed by atoms with Crippen LogP contribution in [-0.2, 0) is 0 Å². The lowest BCUT2D eigenvalue weighted by Crippen LogP contribution is -2.30. The molecule has 11 heavy (non-hydrogen) atoms. The Kier molecular flexibility index (Phi) is 4.43. The third-order valence-corrected chi connectivity index (χ3v) is 2.01. The molecule has 0 radical (unpaired) electrons. The molecule has 66 valence electrons. The maximum Gasteiger partial charge on any atom is 0.00190 e. The van der Waals surface area contributed by atoms with E-state index in [0.717, 1.165) is 13.1 Å². The summed E-state index contributed by atoms with van der Waals surface area (Å²) in [5.41, 5.74) is 0.337. The van der Waals surface area contributed by atoms with E-state index in [-0.39, 0.29) is 0 Å². The van der Waals surface area contributed by atoms with Crippen molar-refractivity contribution in [2.24, 2.45) is 11.3 Å². The van der Waals surface area contributed by atoms with Gasteiger partial charge in [-0.25, -0.2) is 0 Å². The lowest BCUT2D eigenvalue weighted by molar-refractivity contribution is 0.285. The fourth-order valence-corrected chi connectivity index (χ4v) is 1.04. The maximum absolute atomic E-state index is 3.84. The molecule has 0 rings (SSSR count). The van der Waals surface area contributed by atoms with Crippen molar-refractivity contribution in [3.8, 4) is 0 Å². The highest BCUT2D eigenvalue weighted by atomic mass is 14.8. The molecule has 0 aliphatic carbocycles. The Morgan fingerprint density at radius 3 is 2.27 bits per heavy atom. The number of nitrogens with one attached hydrogen (secondary N) is 1. The summed E-state index contributed by atoms with van der Waals surface area (Å²) in [6, 6.07) is 0. The molecule has 1 unspecified atom stereocenters. The minimum absolute atomic E-state index is 0.337. The van der Waals surface area contributed by atoms with E-state index in [1.807, 2.05) is 6.08 Å². The molecule has 0 aliphatic rings. The van der Waals surface area contributed by atoms with Crippen LogP contribution in [0, 0.1) is 11.3 Å². The molecule has 1 N–H and O–H groups in total. The van der Waals surface area contributed by atoms with Gasteiger partial charge in [-0.3, -0.25) is 0 Å². The van der Waals surface area contributed by atoms with Crippen LogP contribution in [0.5, 0.6) is 0 Å². The van der Waals surface area contributed by atoms with E-state index in [1.165, 1.54) is 0 Å². The Morgan fingerprint density at radius 1 is 1.45 bits per heavy atom. The molecule has 0 aliphatic heterocycles. The fraction of sp³-hybridized carbons (Fsp3) is 0.800. The summed E-state index contributed by atoms with van der Waals surface area (Å²) >= 11 is 0. The standard InChI is InChI=1S/C10H21N/c1-6-9(8-11-7-2)10(3,4)5/h6,9,11H,1,7-8H2,2-5H3. The summed E-state index contributed by atoms with van der Waals surface area (Å²) in [4.78, 5) is 0. The molecule has 0 spiro atoms. The maximum atomic E-state index is 3.84. The van der Waals surface area contributed by atoms with E-state index in [9.17, 15) is 0 Å². The van der Waals surface area contributed by atoms with Crippen molar-refractivity contribution in [1.29, 1.82) is 0 Å². The third kappa shape index (κ3) is 4.20. The van der Waals surface area contributed by atoms with Crippen LogP contribution in [0.1, 0.15) is 27.7 Å². The summed E-state index contributed by atoms with van der Waals surface area (Å²) < 4.78 is 0. The lowest BCUT2D eigenvalue weighted by atomic mass is 9.81. The quantitative estimate of drug-likeness (QED) is 0.615. The van der Waals surface area contributed by atoms with Gasteiger partial charge in [0.25, 0.3) is 0 Å². The van der Waals surface area contributed by atoms with Gasteiger partial charge in [0.15, 0.2) is 0 Å². The molecule has 1 nitrogen and oxygen atoms in total. The van der Waals surface area contributed by atoms with Gasteiger partial charge >= 0.3 is 0 Å². The van der Waals surface area contributed by atoms with Gasteiger partial charge in [-0.05, 0) is 17.9 Å². The third-order valence-electron chi connectivity index (χ3n) is 2.01. The number of rotatable bonds is 4. The molecule has 1 atom stereocenters. The van der Waals surface area contributed by atoms with Gasteiger partial charge in [0, 0.05) is 6.54 Å². The second-order valence-electron chi connectivity index (χ2n) is 4.02. The van der Waals surface area contributed by atoms with Crippen molar-refractivity contribution in [1.82, 2.24) is 5.32 Å². The van der Waals surface area contributed by atoms with E-state index in [4.69, 9.17) is 0 Å². The first-order valence-electron chi connectivity index (χ1n) is 4.35. The van der Waals surface area contributed by atoms with Gasteiger partial charge in [0.1, 0.15) is 0 Å². The predicted molar refractivity (Wildman–Crippen MR) is 51.7 cm³/mol. The van der Waals surface area contributed by atoms with E-state index in [1.54, 1.807) is 0 Å². The molecular formula is C10H21N. The van der Waals surface area contributed by atoms with Crippen molar-refractivity contribution in [3.63, 3.8) is 0 Å². The molecule has 0 heterocycles. The minimum Gasteiger partial charge on any atom is -0.316 e. The highest BCUT2D eigenvalue weighted by Crippen LogP contribution is 2.25. The lowest BCUT2D eigenvalue weighted by Gasteiger charge is -2.27. The van der Waals surface area contributed by atoms with Crippen LogP contribution in [0.25, 0.3) is 0 Å². The first kappa shape index (κ1) is 10.7. The van der Waals surface area contributed by atoms with Crippen molar-refractivity contribution < 1.29 is 0 Å². The Bertz CT molecular complexity index is 111. The van der Waals surface area contributed by atoms with E-state index in [2.05, 4.69) is 39.6 Å². The Morgan fingerprint density at radius 2 is 2.00 bits per heavy atom. The molecule has 0 aromatic rings. The molecule has 0 fully saturated rings. The molecular weight excluding hydrogens is 134 g/mol. The van der Waals surface area contributed by atoms with E-state index < -0.39 is 0 Å². The summed E-state index contributed by atoms with van der Waals surface area (Å²) in [6.07, 6.45) is 2.04. The predicted octanol–water partition coefficient (Wildman–Crippen LogP) is 2.44. The molecule has 0 aromatic heterocycles. The van der Waals surface area contributed by atoms with E-state index in [0.29, 0.717) is 11.3 Å². The van der Waals surface area contributed by atoms with Gasteiger partial charge in [-0.15, -0.1) is 6.58 Å². The second-order valence-corrected chi connectivity index (χ2v) is 4.02. The molecule has 1 heteroatoms. The first-order valence-corrected chi connectivity index (χ1v) is 4.35. The summed E-state index contributed by atoms with van der Waals surface area (Å²) in [5.74, 6) is 0.572. The fourth-order valence-electron chi connectivity index (χ4n) is 1.04. The summed E-state index contributed by atoms with van der Waals surface area (Å²) in [6.45, 7) is 14.8. The smallest absolute Gasteiger partial charge is 0.00190 e. The van der Waals surface area contributed by atoms with Crippen LogP contribution in [-0.4, -0.2) is 13.1 Å². The highest BCUT2D eigenvalue weighted by molar-refractivity contribution is 4.88. The highest BCUT2D eigenvalue weighted by Gasteiger charge is 2.20.